The van der Waals surface area contributed by atoms with Crippen LogP contribution in [0.15, 0.2) is 4.52 Å². The maximum absolute atomic E-state index is 5.94. The van der Waals surface area contributed by atoms with Crippen LogP contribution in [0.1, 0.15) is 57.2 Å². The summed E-state index contributed by atoms with van der Waals surface area (Å²) < 4.78 is 11.4. The van der Waals surface area contributed by atoms with Gasteiger partial charge in [-0.15, -0.1) is 0 Å². The van der Waals surface area contributed by atoms with Crippen molar-refractivity contribution in [3.8, 4) is 0 Å². The van der Waals surface area contributed by atoms with Crippen LogP contribution in [-0.2, 0) is 15.8 Å². The van der Waals surface area contributed by atoms with Gasteiger partial charge in [0.05, 0.1) is 5.41 Å². The van der Waals surface area contributed by atoms with E-state index in [0.29, 0.717) is 19.0 Å². The van der Waals surface area contributed by atoms with E-state index < -0.39 is 0 Å². The predicted octanol–water partition coefficient (Wildman–Crippen LogP) is 1.87. The molecule has 1 heterocycles. The van der Waals surface area contributed by atoms with Gasteiger partial charge in [-0.1, -0.05) is 5.16 Å². The number of hydrogen-bond acceptors (Lipinski definition) is 5. The molecule has 2 fully saturated rings. The van der Waals surface area contributed by atoms with E-state index in [1.807, 2.05) is 6.92 Å². The van der Waals surface area contributed by atoms with Gasteiger partial charge in [0.1, 0.15) is 5.60 Å². The van der Waals surface area contributed by atoms with Crippen LogP contribution < -0.4 is 5.73 Å². The minimum atomic E-state index is -0.304. The van der Waals surface area contributed by atoms with E-state index in [2.05, 4.69) is 10.1 Å². The molecule has 1 aromatic heterocycles. The number of nitrogens with zero attached hydrogens (tertiary/aromatic N) is 2. The summed E-state index contributed by atoms with van der Waals surface area (Å²) in [7, 11) is 0. The van der Waals surface area contributed by atoms with Gasteiger partial charge < -0.3 is 15.0 Å². The number of aromatic nitrogens is 2. The third kappa shape index (κ3) is 1.77. The Morgan fingerprint density at radius 2 is 2.00 bits per heavy atom. The Kier molecular flexibility index (Phi) is 2.90. The third-order valence-corrected chi connectivity index (χ3v) is 4.36. The number of rotatable bonds is 5. The van der Waals surface area contributed by atoms with E-state index in [1.54, 1.807) is 0 Å². The first-order valence-corrected chi connectivity index (χ1v) is 6.93. The Labute approximate surface area is 107 Å². The molecule has 2 N–H and O–H groups in total. The minimum Gasteiger partial charge on any atom is -0.367 e. The quantitative estimate of drug-likeness (QED) is 0.864. The van der Waals surface area contributed by atoms with Gasteiger partial charge in [-0.2, -0.15) is 4.98 Å². The number of nitrogens with two attached hydrogens (primary N) is 1. The van der Waals surface area contributed by atoms with Crippen LogP contribution in [0.4, 0.5) is 0 Å². The van der Waals surface area contributed by atoms with Crippen molar-refractivity contribution < 1.29 is 9.26 Å². The van der Waals surface area contributed by atoms with Gasteiger partial charge in [0.2, 0.25) is 11.7 Å². The highest BCUT2D eigenvalue weighted by Crippen LogP contribution is 2.48. The molecule has 0 bridgehead atoms. The lowest BCUT2D eigenvalue weighted by Gasteiger charge is -2.24. The van der Waals surface area contributed by atoms with E-state index in [0.717, 1.165) is 31.5 Å². The lowest BCUT2D eigenvalue weighted by atomic mass is 10.0. The molecular formula is C13H21N3O2. The first-order valence-electron chi connectivity index (χ1n) is 6.93. The van der Waals surface area contributed by atoms with Gasteiger partial charge in [-0.25, -0.2) is 0 Å². The fourth-order valence-electron chi connectivity index (χ4n) is 2.94. The fraction of sp³-hybridized carbons (Fsp3) is 0.846. The molecule has 0 aromatic carbocycles. The van der Waals surface area contributed by atoms with Gasteiger partial charge in [-0.3, -0.25) is 0 Å². The van der Waals surface area contributed by atoms with Crippen molar-refractivity contribution in [2.24, 2.45) is 5.73 Å². The smallest absolute Gasteiger partial charge is 0.234 e. The Hall–Kier alpha value is -0.940. The zero-order valence-corrected chi connectivity index (χ0v) is 10.9. The van der Waals surface area contributed by atoms with Crippen LogP contribution in [0.3, 0.4) is 0 Å². The highest BCUT2D eigenvalue weighted by molar-refractivity contribution is 5.18. The molecule has 0 saturated heterocycles. The summed E-state index contributed by atoms with van der Waals surface area (Å²) >= 11 is 0. The van der Waals surface area contributed by atoms with Gasteiger partial charge in [0, 0.05) is 13.2 Å². The van der Waals surface area contributed by atoms with Crippen LogP contribution in [0.5, 0.6) is 0 Å². The minimum absolute atomic E-state index is 0.0305. The van der Waals surface area contributed by atoms with Crippen LogP contribution >= 0.6 is 0 Å². The summed E-state index contributed by atoms with van der Waals surface area (Å²) in [5.41, 5.74) is 5.46. The Bertz CT molecular complexity index is 420. The first-order chi connectivity index (χ1) is 8.75. The highest BCUT2D eigenvalue weighted by Gasteiger charge is 2.50. The highest BCUT2D eigenvalue weighted by atomic mass is 16.5. The van der Waals surface area contributed by atoms with Crippen LogP contribution in [0.2, 0.25) is 0 Å². The van der Waals surface area contributed by atoms with Crippen molar-refractivity contribution >= 4 is 0 Å². The normalized spacial score (nSPS) is 24.3. The molecule has 5 heteroatoms. The van der Waals surface area contributed by atoms with Crippen LogP contribution in [0.25, 0.3) is 0 Å². The summed E-state index contributed by atoms with van der Waals surface area (Å²) in [4.78, 5) is 4.61. The SMILES string of the molecule is CCOC1(c2noc(C3(CN)CC3)n2)CCCC1. The Morgan fingerprint density at radius 1 is 1.28 bits per heavy atom. The molecule has 0 atom stereocenters. The average molecular weight is 251 g/mol. The van der Waals surface area contributed by atoms with Crippen molar-refractivity contribution in [3.63, 3.8) is 0 Å². The molecule has 1 aromatic rings. The molecule has 3 rings (SSSR count). The molecule has 2 aliphatic rings. The molecule has 0 aliphatic heterocycles. The molecule has 0 unspecified atom stereocenters. The molecule has 0 amide bonds. The van der Waals surface area contributed by atoms with Crippen LogP contribution in [-0.4, -0.2) is 23.3 Å². The van der Waals surface area contributed by atoms with Crippen molar-refractivity contribution in [3.05, 3.63) is 11.7 Å². The Balaban J connectivity index is 1.87. The van der Waals surface area contributed by atoms with Gasteiger partial charge in [0.15, 0.2) is 0 Å². The Morgan fingerprint density at radius 3 is 2.56 bits per heavy atom. The summed E-state index contributed by atoms with van der Waals surface area (Å²) in [5, 5.41) is 4.18. The summed E-state index contributed by atoms with van der Waals surface area (Å²) in [6.07, 6.45) is 6.46. The zero-order chi connectivity index (χ0) is 12.6. The number of ether oxygens (including phenoxy) is 1. The van der Waals surface area contributed by atoms with Gasteiger partial charge >= 0.3 is 0 Å². The van der Waals surface area contributed by atoms with E-state index in [4.69, 9.17) is 15.0 Å². The molecule has 0 radical (unpaired) electrons. The molecule has 18 heavy (non-hydrogen) atoms. The van der Waals surface area contributed by atoms with Crippen molar-refractivity contribution in [2.75, 3.05) is 13.2 Å². The molecular weight excluding hydrogens is 230 g/mol. The fourth-order valence-corrected chi connectivity index (χ4v) is 2.94. The lowest BCUT2D eigenvalue weighted by Crippen LogP contribution is -2.28. The second-order valence-corrected chi connectivity index (χ2v) is 5.54. The standard InChI is InChI=1S/C13H21N3O2/c1-2-17-13(5-3-4-6-13)10-15-11(18-16-10)12(9-14)7-8-12/h2-9,14H2,1H3. The molecule has 100 valence electrons. The van der Waals surface area contributed by atoms with E-state index >= 15 is 0 Å². The van der Waals surface area contributed by atoms with Gasteiger partial charge in [-0.05, 0) is 45.4 Å². The van der Waals surface area contributed by atoms with Crippen molar-refractivity contribution in [1.29, 1.82) is 0 Å². The second kappa shape index (κ2) is 4.31. The zero-order valence-electron chi connectivity index (χ0n) is 10.9. The third-order valence-electron chi connectivity index (χ3n) is 4.36. The van der Waals surface area contributed by atoms with Crippen molar-refractivity contribution in [2.45, 2.75) is 56.5 Å². The molecule has 2 aliphatic carbocycles. The van der Waals surface area contributed by atoms with E-state index in [1.165, 1.54) is 12.8 Å². The van der Waals surface area contributed by atoms with E-state index in [-0.39, 0.29) is 11.0 Å². The lowest BCUT2D eigenvalue weighted by molar-refractivity contribution is -0.0469. The maximum Gasteiger partial charge on any atom is 0.234 e. The first kappa shape index (κ1) is 12.1. The topological polar surface area (TPSA) is 74.2 Å². The maximum atomic E-state index is 5.94. The number of hydrogen-bond donors (Lipinski definition) is 1. The second-order valence-electron chi connectivity index (χ2n) is 5.54. The van der Waals surface area contributed by atoms with E-state index in [9.17, 15) is 0 Å². The summed E-state index contributed by atoms with van der Waals surface area (Å²) in [6.45, 7) is 3.30. The van der Waals surface area contributed by atoms with Crippen molar-refractivity contribution in [1.82, 2.24) is 10.1 Å². The monoisotopic (exact) mass is 251 g/mol. The molecule has 0 spiro atoms. The molecule has 5 nitrogen and oxygen atoms in total. The largest absolute Gasteiger partial charge is 0.367 e. The molecule has 2 saturated carbocycles. The summed E-state index contributed by atoms with van der Waals surface area (Å²) in [6, 6.07) is 0. The summed E-state index contributed by atoms with van der Waals surface area (Å²) in [5.74, 6) is 1.45. The van der Waals surface area contributed by atoms with Crippen LogP contribution in [0, 0.1) is 0 Å². The average Bonchev–Trinajstić information content (AvgIpc) is 2.80. The van der Waals surface area contributed by atoms with Gasteiger partial charge in [0.25, 0.3) is 0 Å². The predicted molar refractivity (Wildman–Crippen MR) is 66.0 cm³/mol.